The highest BCUT2D eigenvalue weighted by atomic mass is 16.5. The number of benzene rings is 1. The molecule has 6 heteroatoms. The Balaban J connectivity index is 2.66. The summed E-state index contributed by atoms with van der Waals surface area (Å²) in [4.78, 5) is 10.5. The molecular weight excluding hydrogens is 262 g/mol. The molecular formula is C14H21NO5. The molecule has 6 nitrogen and oxygen atoms in total. The first-order chi connectivity index (χ1) is 9.58. The van der Waals surface area contributed by atoms with Crippen LogP contribution in [0, 0.1) is 0 Å². The molecule has 0 heterocycles. The lowest BCUT2D eigenvalue weighted by atomic mass is 10.1. The zero-order valence-corrected chi connectivity index (χ0v) is 11.8. The van der Waals surface area contributed by atoms with Crippen molar-refractivity contribution in [3.05, 3.63) is 18.2 Å². The highest BCUT2D eigenvalue weighted by Gasteiger charge is 2.11. The zero-order chi connectivity index (χ0) is 15.0. The van der Waals surface area contributed by atoms with Gasteiger partial charge >= 0.3 is 5.97 Å². The molecule has 0 aromatic heterocycles. The van der Waals surface area contributed by atoms with E-state index in [9.17, 15) is 4.79 Å². The number of hydrogen-bond acceptors (Lipinski definition) is 5. The van der Waals surface area contributed by atoms with Crippen LogP contribution in [0.25, 0.3) is 0 Å². The SMILES string of the molecule is COc1cc(OC)cc(OC(CN)CCCC(=O)O)c1. The van der Waals surface area contributed by atoms with Gasteiger partial charge in [-0.2, -0.15) is 0 Å². The number of carboxylic acid groups (broad SMARTS) is 1. The lowest BCUT2D eigenvalue weighted by molar-refractivity contribution is -0.137. The number of ether oxygens (including phenoxy) is 3. The van der Waals surface area contributed by atoms with E-state index in [0.717, 1.165) is 0 Å². The molecule has 1 rings (SSSR count). The molecule has 0 bridgehead atoms. The fourth-order valence-electron chi connectivity index (χ4n) is 1.75. The number of carboxylic acids is 1. The molecule has 1 aromatic rings. The Morgan fingerprint density at radius 1 is 1.20 bits per heavy atom. The standard InChI is InChI=1S/C14H21NO5/c1-18-11-6-12(19-2)8-13(7-11)20-10(9-15)4-3-5-14(16)17/h6-8,10H,3-5,9,15H2,1-2H3,(H,16,17). The van der Waals surface area contributed by atoms with E-state index in [4.69, 9.17) is 25.1 Å². The maximum Gasteiger partial charge on any atom is 0.303 e. The fourth-order valence-corrected chi connectivity index (χ4v) is 1.75. The predicted molar refractivity (Wildman–Crippen MR) is 74.5 cm³/mol. The molecule has 1 aromatic carbocycles. The molecule has 112 valence electrons. The molecule has 1 unspecified atom stereocenters. The van der Waals surface area contributed by atoms with E-state index in [0.29, 0.717) is 36.6 Å². The first kappa shape index (κ1) is 16.1. The zero-order valence-electron chi connectivity index (χ0n) is 11.8. The number of hydrogen-bond donors (Lipinski definition) is 2. The van der Waals surface area contributed by atoms with E-state index in [1.807, 2.05) is 0 Å². The summed E-state index contributed by atoms with van der Waals surface area (Å²) in [5.74, 6) is 1.03. The van der Waals surface area contributed by atoms with Crippen LogP contribution in [0.1, 0.15) is 19.3 Å². The van der Waals surface area contributed by atoms with Gasteiger partial charge in [-0.3, -0.25) is 4.79 Å². The lowest BCUT2D eigenvalue weighted by Crippen LogP contribution is -2.26. The summed E-state index contributed by atoms with van der Waals surface area (Å²) in [6.45, 7) is 0.319. The Hall–Kier alpha value is -1.95. The number of aliphatic carboxylic acids is 1. The van der Waals surface area contributed by atoms with E-state index < -0.39 is 5.97 Å². The van der Waals surface area contributed by atoms with Crippen molar-refractivity contribution in [2.24, 2.45) is 5.73 Å². The van der Waals surface area contributed by atoms with Crippen LogP contribution in [0.4, 0.5) is 0 Å². The topological polar surface area (TPSA) is 91.0 Å². The average Bonchev–Trinajstić information content (AvgIpc) is 2.45. The monoisotopic (exact) mass is 283 g/mol. The molecule has 0 aliphatic rings. The number of nitrogens with two attached hydrogens (primary N) is 1. The third kappa shape index (κ3) is 5.36. The third-order valence-corrected chi connectivity index (χ3v) is 2.81. The molecule has 0 saturated heterocycles. The molecule has 0 saturated carbocycles. The normalized spacial score (nSPS) is 11.8. The van der Waals surface area contributed by atoms with Crippen molar-refractivity contribution in [3.8, 4) is 17.2 Å². The van der Waals surface area contributed by atoms with Gasteiger partial charge in [0.15, 0.2) is 0 Å². The van der Waals surface area contributed by atoms with Crippen molar-refractivity contribution in [3.63, 3.8) is 0 Å². The first-order valence-electron chi connectivity index (χ1n) is 6.40. The molecule has 0 aliphatic carbocycles. The van der Waals surface area contributed by atoms with Gasteiger partial charge in [0, 0.05) is 31.2 Å². The minimum absolute atomic E-state index is 0.112. The van der Waals surface area contributed by atoms with E-state index in [2.05, 4.69) is 0 Å². The molecule has 20 heavy (non-hydrogen) atoms. The molecule has 0 amide bonds. The van der Waals surface area contributed by atoms with Gasteiger partial charge in [0.2, 0.25) is 0 Å². The van der Waals surface area contributed by atoms with Gasteiger partial charge in [-0.1, -0.05) is 0 Å². The summed E-state index contributed by atoms with van der Waals surface area (Å²) < 4.78 is 16.1. The van der Waals surface area contributed by atoms with Crippen LogP contribution in [-0.4, -0.2) is 37.9 Å². The number of methoxy groups -OCH3 is 2. The molecule has 0 radical (unpaired) electrons. The largest absolute Gasteiger partial charge is 0.496 e. The van der Waals surface area contributed by atoms with Gasteiger partial charge < -0.3 is 25.1 Å². The number of carbonyl (C=O) groups is 1. The second-order valence-electron chi connectivity index (χ2n) is 4.31. The Kier molecular flexibility index (Phi) is 6.66. The molecule has 1 atom stereocenters. The van der Waals surface area contributed by atoms with Crippen LogP contribution in [0.15, 0.2) is 18.2 Å². The summed E-state index contributed by atoms with van der Waals surface area (Å²) in [7, 11) is 3.12. The van der Waals surface area contributed by atoms with E-state index in [1.54, 1.807) is 32.4 Å². The summed E-state index contributed by atoms with van der Waals surface area (Å²) in [5.41, 5.74) is 5.64. The van der Waals surface area contributed by atoms with Crippen LogP contribution in [0.5, 0.6) is 17.2 Å². The summed E-state index contributed by atoms with van der Waals surface area (Å²) in [6.07, 6.45) is 0.994. The number of rotatable bonds is 9. The second-order valence-corrected chi connectivity index (χ2v) is 4.31. The fraction of sp³-hybridized carbons (Fsp3) is 0.500. The van der Waals surface area contributed by atoms with Crippen molar-refractivity contribution in [2.75, 3.05) is 20.8 Å². The molecule has 0 spiro atoms. The van der Waals surface area contributed by atoms with Crippen LogP contribution >= 0.6 is 0 Å². The minimum atomic E-state index is -0.816. The Bertz CT molecular complexity index is 413. The van der Waals surface area contributed by atoms with Gasteiger partial charge in [-0.05, 0) is 12.8 Å². The van der Waals surface area contributed by atoms with E-state index >= 15 is 0 Å². The van der Waals surface area contributed by atoms with Gasteiger partial charge in [0.1, 0.15) is 23.4 Å². The first-order valence-corrected chi connectivity index (χ1v) is 6.40. The highest BCUT2D eigenvalue weighted by molar-refractivity contribution is 5.66. The maximum atomic E-state index is 10.5. The third-order valence-electron chi connectivity index (χ3n) is 2.81. The van der Waals surface area contributed by atoms with Gasteiger partial charge in [0.25, 0.3) is 0 Å². The van der Waals surface area contributed by atoms with Crippen LogP contribution in [0.2, 0.25) is 0 Å². The van der Waals surface area contributed by atoms with Crippen molar-refractivity contribution in [1.82, 2.24) is 0 Å². The van der Waals surface area contributed by atoms with Crippen molar-refractivity contribution < 1.29 is 24.1 Å². The van der Waals surface area contributed by atoms with Crippen molar-refractivity contribution in [1.29, 1.82) is 0 Å². The summed E-state index contributed by atoms with van der Waals surface area (Å²) in [5, 5.41) is 8.62. The van der Waals surface area contributed by atoms with Gasteiger partial charge in [0.05, 0.1) is 14.2 Å². The Labute approximate surface area is 118 Å². The Morgan fingerprint density at radius 2 is 1.75 bits per heavy atom. The van der Waals surface area contributed by atoms with Crippen LogP contribution in [0.3, 0.4) is 0 Å². The lowest BCUT2D eigenvalue weighted by Gasteiger charge is -2.18. The Morgan fingerprint density at radius 3 is 2.20 bits per heavy atom. The van der Waals surface area contributed by atoms with Crippen LogP contribution < -0.4 is 19.9 Å². The van der Waals surface area contributed by atoms with Crippen LogP contribution in [-0.2, 0) is 4.79 Å². The van der Waals surface area contributed by atoms with E-state index in [-0.39, 0.29) is 12.5 Å². The maximum absolute atomic E-state index is 10.5. The summed E-state index contributed by atoms with van der Waals surface area (Å²) in [6, 6.07) is 5.22. The highest BCUT2D eigenvalue weighted by Crippen LogP contribution is 2.28. The van der Waals surface area contributed by atoms with Crippen molar-refractivity contribution >= 4 is 5.97 Å². The molecule has 0 fully saturated rings. The van der Waals surface area contributed by atoms with Gasteiger partial charge in [-0.15, -0.1) is 0 Å². The van der Waals surface area contributed by atoms with Gasteiger partial charge in [-0.25, -0.2) is 0 Å². The van der Waals surface area contributed by atoms with Crippen molar-refractivity contribution in [2.45, 2.75) is 25.4 Å². The minimum Gasteiger partial charge on any atom is -0.496 e. The molecule has 3 N–H and O–H groups in total. The summed E-state index contributed by atoms with van der Waals surface area (Å²) >= 11 is 0. The van der Waals surface area contributed by atoms with E-state index in [1.165, 1.54) is 0 Å². The second kappa shape index (κ2) is 8.27. The molecule has 0 aliphatic heterocycles. The quantitative estimate of drug-likeness (QED) is 0.716. The average molecular weight is 283 g/mol. The smallest absolute Gasteiger partial charge is 0.303 e. The predicted octanol–water partition coefficient (Wildman–Crippen LogP) is 1.66.